The van der Waals surface area contributed by atoms with E-state index in [9.17, 15) is 0 Å². The van der Waals surface area contributed by atoms with Crippen molar-refractivity contribution in [1.82, 2.24) is 30.0 Å². The average Bonchev–Trinajstić information content (AvgIpc) is 2.96. The second kappa shape index (κ2) is 9.07. The van der Waals surface area contributed by atoms with Gasteiger partial charge in [-0.05, 0) is 13.8 Å². The number of hydrogen-bond donors (Lipinski definition) is 2. The Kier molecular flexibility index (Phi) is 7.33. The molecule has 26 heavy (non-hydrogen) atoms. The Morgan fingerprint density at radius 3 is 2.88 bits per heavy atom. The van der Waals surface area contributed by atoms with Crippen molar-refractivity contribution in [2.24, 2.45) is 12.0 Å². The van der Waals surface area contributed by atoms with Crippen LogP contribution in [0.4, 0.5) is 5.82 Å². The minimum absolute atomic E-state index is 0. The summed E-state index contributed by atoms with van der Waals surface area (Å²) in [6, 6.07) is 0. The molecule has 2 N–H and O–H groups in total. The zero-order valence-electron chi connectivity index (χ0n) is 15.7. The van der Waals surface area contributed by atoms with Gasteiger partial charge in [0.05, 0.1) is 11.6 Å². The van der Waals surface area contributed by atoms with Crippen LogP contribution < -0.4 is 10.6 Å². The molecular weight excluding hydrogens is 463 g/mol. The molecule has 3 rings (SSSR count). The van der Waals surface area contributed by atoms with Crippen LogP contribution in [-0.2, 0) is 7.05 Å². The molecule has 0 aromatic carbocycles. The van der Waals surface area contributed by atoms with Crippen LogP contribution in [0.1, 0.15) is 13.8 Å². The third-order valence-corrected chi connectivity index (χ3v) is 5.46. The largest absolute Gasteiger partial charge is 0.368 e. The van der Waals surface area contributed by atoms with E-state index in [1.54, 1.807) is 17.2 Å². The number of fused-ring (bicyclic) bond motifs is 1. The molecule has 0 spiro atoms. The van der Waals surface area contributed by atoms with Gasteiger partial charge in [-0.2, -0.15) is 16.9 Å². The molecule has 0 saturated carbocycles. The summed E-state index contributed by atoms with van der Waals surface area (Å²) in [6.07, 6.45) is 3.35. The highest BCUT2D eigenvalue weighted by molar-refractivity contribution is 14.0. The SMILES string of the molecule is CN=C(NCCNc1ncnc2c1cnn2C)N1CCSC(C)(C)C1.I. The summed E-state index contributed by atoms with van der Waals surface area (Å²) in [5.41, 5.74) is 0.828. The van der Waals surface area contributed by atoms with Gasteiger partial charge in [-0.15, -0.1) is 24.0 Å². The van der Waals surface area contributed by atoms with Crippen molar-refractivity contribution in [3.63, 3.8) is 0 Å². The third kappa shape index (κ3) is 4.90. The fraction of sp³-hybridized carbons (Fsp3) is 0.625. The molecule has 0 radical (unpaired) electrons. The van der Waals surface area contributed by atoms with E-state index in [0.29, 0.717) is 0 Å². The molecular formula is C16H27IN8S. The Bertz CT molecular complexity index is 760. The summed E-state index contributed by atoms with van der Waals surface area (Å²) < 4.78 is 2.01. The molecule has 1 saturated heterocycles. The van der Waals surface area contributed by atoms with Crippen LogP contribution in [0.25, 0.3) is 11.0 Å². The van der Waals surface area contributed by atoms with Crippen LogP contribution in [0.3, 0.4) is 0 Å². The van der Waals surface area contributed by atoms with Crippen molar-refractivity contribution in [2.75, 3.05) is 44.3 Å². The lowest BCUT2D eigenvalue weighted by Crippen LogP contribution is -2.51. The van der Waals surface area contributed by atoms with Crippen LogP contribution in [0.2, 0.25) is 0 Å². The average molecular weight is 490 g/mol. The van der Waals surface area contributed by atoms with Crippen molar-refractivity contribution >= 4 is 58.5 Å². The Morgan fingerprint density at radius 2 is 2.15 bits per heavy atom. The number of nitrogens with zero attached hydrogens (tertiary/aromatic N) is 6. The van der Waals surface area contributed by atoms with Gasteiger partial charge in [-0.3, -0.25) is 9.67 Å². The summed E-state index contributed by atoms with van der Waals surface area (Å²) in [6.45, 7) is 8.12. The molecule has 0 bridgehead atoms. The van der Waals surface area contributed by atoms with Crippen LogP contribution >= 0.6 is 35.7 Å². The zero-order valence-corrected chi connectivity index (χ0v) is 18.8. The number of anilines is 1. The Hall–Kier alpha value is -1.30. The van der Waals surface area contributed by atoms with E-state index >= 15 is 0 Å². The monoisotopic (exact) mass is 490 g/mol. The van der Waals surface area contributed by atoms with E-state index in [2.05, 4.69) is 49.4 Å². The number of aromatic nitrogens is 4. The van der Waals surface area contributed by atoms with Crippen LogP contribution in [0.15, 0.2) is 17.5 Å². The highest BCUT2D eigenvalue weighted by Gasteiger charge is 2.28. The molecule has 0 unspecified atom stereocenters. The molecule has 2 aromatic rings. The van der Waals surface area contributed by atoms with Crippen LogP contribution in [0.5, 0.6) is 0 Å². The lowest BCUT2D eigenvalue weighted by atomic mass is 10.2. The maximum Gasteiger partial charge on any atom is 0.193 e. The zero-order chi connectivity index (χ0) is 17.9. The van der Waals surface area contributed by atoms with Crippen molar-refractivity contribution < 1.29 is 0 Å². The second-order valence-corrected chi connectivity index (χ2v) is 8.46. The van der Waals surface area contributed by atoms with Crippen molar-refractivity contribution in [3.8, 4) is 0 Å². The molecule has 0 amide bonds. The van der Waals surface area contributed by atoms with E-state index < -0.39 is 0 Å². The fourth-order valence-electron chi connectivity index (χ4n) is 2.99. The van der Waals surface area contributed by atoms with Crippen molar-refractivity contribution in [1.29, 1.82) is 0 Å². The van der Waals surface area contributed by atoms with Gasteiger partial charge >= 0.3 is 0 Å². The van der Waals surface area contributed by atoms with E-state index in [1.807, 2.05) is 25.9 Å². The molecule has 8 nitrogen and oxygen atoms in total. The minimum Gasteiger partial charge on any atom is -0.368 e. The molecule has 10 heteroatoms. The van der Waals surface area contributed by atoms with Crippen LogP contribution in [0, 0.1) is 0 Å². The van der Waals surface area contributed by atoms with Gasteiger partial charge in [-0.25, -0.2) is 9.97 Å². The molecule has 2 aromatic heterocycles. The summed E-state index contributed by atoms with van der Waals surface area (Å²) >= 11 is 2.02. The van der Waals surface area contributed by atoms with Gasteiger partial charge in [0.2, 0.25) is 0 Å². The minimum atomic E-state index is 0. The first kappa shape index (κ1) is 21.0. The molecule has 3 heterocycles. The number of aliphatic imine (C=N–C) groups is 1. The number of nitrogens with one attached hydrogen (secondary N) is 2. The van der Waals surface area contributed by atoms with Crippen molar-refractivity contribution in [3.05, 3.63) is 12.5 Å². The first-order valence-electron chi connectivity index (χ1n) is 8.46. The maximum atomic E-state index is 4.43. The van der Waals surface area contributed by atoms with E-state index in [4.69, 9.17) is 0 Å². The molecule has 0 aliphatic carbocycles. The Morgan fingerprint density at radius 1 is 1.35 bits per heavy atom. The fourth-order valence-corrected chi connectivity index (χ4v) is 4.10. The van der Waals surface area contributed by atoms with Gasteiger partial charge in [0.25, 0.3) is 0 Å². The van der Waals surface area contributed by atoms with Gasteiger partial charge in [0.1, 0.15) is 12.1 Å². The number of halogens is 1. The summed E-state index contributed by atoms with van der Waals surface area (Å²) in [7, 11) is 3.72. The smallest absolute Gasteiger partial charge is 0.193 e. The summed E-state index contributed by atoms with van der Waals surface area (Å²) in [5, 5.41) is 12.0. The maximum absolute atomic E-state index is 4.43. The molecule has 1 aliphatic heterocycles. The van der Waals surface area contributed by atoms with E-state index in [0.717, 1.165) is 54.7 Å². The van der Waals surface area contributed by atoms with Gasteiger partial charge in [-0.1, -0.05) is 0 Å². The number of thioether (sulfide) groups is 1. The summed E-state index contributed by atoms with van der Waals surface area (Å²) in [4.78, 5) is 15.3. The standard InChI is InChI=1S/C16H26N8S.HI/c1-16(2)10-24(7-8-25-16)15(17-3)19-6-5-18-13-12-9-22-23(4)14(12)21-11-20-13;/h9,11H,5-8,10H2,1-4H3,(H,17,19)(H,18,20,21);1H. The van der Waals surface area contributed by atoms with Gasteiger partial charge < -0.3 is 15.5 Å². The Labute approximate surface area is 175 Å². The number of rotatable bonds is 4. The number of aryl methyl sites for hydroxylation is 1. The highest BCUT2D eigenvalue weighted by Crippen LogP contribution is 2.29. The lowest BCUT2D eigenvalue weighted by Gasteiger charge is -2.39. The summed E-state index contributed by atoms with van der Waals surface area (Å²) in [5.74, 6) is 2.90. The predicted molar refractivity (Wildman–Crippen MR) is 120 cm³/mol. The van der Waals surface area contributed by atoms with E-state index in [1.165, 1.54) is 0 Å². The van der Waals surface area contributed by atoms with Crippen molar-refractivity contribution in [2.45, 2.75) is 18.6 Å². The second-order valence-electron chi connectivity index (χ2n) is 6.66. The normalized spacial score (nSPS) is 17.1. The van der Waals surface area contributed by atoms with Gasteiger partial charge in [0, 0.05) is 50.8 Å². The number of hydrogen-bond acceptors (Lipinski definition) is 6. The molecule has 1 fully saturated rings. The molecule has 1 aliphatic rings. The van der Waals surface area contributed by atoms with E-state index in [-0.39, 0.29) is 28.7 Å². The lowest BCUT2D eigenvalue weighted by molar-refractivity contribution is 0.376. The third-order valence-electron chi connectivity index (χ3n) is 4.17. The topological polar surface area (TPSA) is 83.3 Å². The molecule has 0 atom stereocenters. The van der Waals surface area contributed by atoms with Crippen LogP contribution in [-0.4, -0.2) is 74.3 Å². The first-order valence-corrected chi connectivity index (χ1v) is 9.45. The predicted octanol–water partition coefficient (Wildman–Crippen LogP) is 1.80. The molecule has 144 valence electrons. The highest BCUT2D eigenvalue weighted by atomic mass is 127. The quantitative estimate of drug-likeness (QED) is 0.293. The number of guanidine groups is 1. The van der Waals surface area contributed by atoms with Gasteiger partial charge in [0.15, 0.2) is 11.6 Å². The first-order chi connectivity index (χ1) is 12.0. The Balaban J connectivity index is 0.00000243.